The van der Waals surface area contributed by atoms with Crippen LogP contribution >= 0.6 is 0 Å². The first kappa shape index (κ1) is 16.6. The molecular weight excluding hydrogens is 330 g/mol. The number of aromatic hydroxyl groups is 1. The molecule has 26 heavy (non-hydrogen) atoms. The number of aromatic nitrogens is 2. The number of phenolic OH excluding ortho intramolecular Hbond substituents is 1. The number of fused-ring (bicyclic) bond motifs is 1. The van der Waals surface area contributed by atoms with Crippen LogP contribution in [-0.2, 0) is 0 Å². The molecule has 2 heterocycles. The maximum absolute atomic E-state index is 12.6. The molecule has 0 aliphatic heterocycles. The lowest BCUT2D eigenvalue weighted by molar-refractivity contribution is 0.0920. The van der Waals surface area contributed by atoms with Crippen molar-refractivity contribution in [2.45, 2.75) is 38.6 Å². The molecule has 1 aromatic carbocycles. The first-order valence-electron chi connectivity index (χ1n) is 8.87. The normalized spacial score (nSPS) is 15.3. The maximum Gasteiger partial charge on any atom is 0.273 e. The molecule has 1 unspecified atom stereocenters. The fraction of sp³-hybridized carbons (Fsp3) is 0.350. The Morgan fingerprint density at radius 1 is 1.31 bits per heavy atom. The van der Waals surface area contributed by atoms with Gasteiger partial charge in [0.15, 0.2) is 11.6 Å². The number of oxazole rings is 1. The summed E-state index contributed by atoms with van der Waals surface area (Å²) >= 11 is 0. The van der Waals surface area contributed by atoms with E-state index in [-0.39, 0.29) is 29.3 Å². The first-order chi connectivity index (χ1) is 12.5. The number of nitrogens with one attached hydrogen (secondary N) is 1. The summed E-state index contributed by atoms with van der Waals surface area (Å²) < 4.78 is 5.41. The zero-order valence-electron chi connectivity index (χ0n) is 14.8. The van der Waals surface area contributed by atoms with Gasteiger partial charge in [-0.15, -0.1) is 0 Å². The second-order valence-electron chi connectivity index (χ2n) is 7.12. The van der Waals surface area contributed by atoms with Gasteiger partial charge in [0.25, 0.3) is 5.91 Å². The van der Waals surface area contributed by atoms with Gasteiger partial charge in [-0.1, -0.05) is 32.0 Å². The van der Waals surface area contributed by atoms with Gasteiger partial charge in [0.2, 0.25) is 0 Å². The van der Waals surface area contributed by atoms with E-state index in [2.05, 4.69) is 15.3 Å². The number of hydrogen-bond donors (Lipinski definition) is 2. The van der Waals surface area contributed by atoms with Gasteiger partial charge in [-0.25, -0.2) is 4.98 Å². The molecule has 1 atom stereocenters. The van der Waals surface area contributed by atoms with Gasteiger partial charge < -0.3 is 14.8 Å². The number of nitrogens with zero attached hydrogens (tertiary/aromatic N) is 2. The summed E-state index contributed by atoms with van der Waals surface area (Å²) in [6.07, 6.45) is 5.17. The number of phenols is 1. The zero-order chi connectivity index (χ0) is 18.3. The van der Waals surface area contributed by atoms with E-state index < -0.39 is 0 Å². The predicted molar refractivity (Wildman–Crippen MR) is 96.9 cm³/mol. The predicted octanol–water partition coefficient (Wildman–Crippen LogP) is 3.93. The number of hydrogen-bond acceptors (Lipinski definition) is 5. The van der Waals surface area contributed by atoms with Crippen molar-refractivity contribution in [2.75, 3.05) is 0 Å². The fourth-order valence-electron chi connectivity index (χ4n) is 3.12. The van der Waals surface area contributed by atoms with Crippen LogP contribution in [0.4, 0.5) is 0 Å². The molecule has 4 rings (SSSR count). The maximum atomic E-state index is 12.6. The summed E-state index contributed by atoms with van der Waals surface area (Å²) in [5, 5.41) is 14.5. The molecule has 0 saturated heterocycles. The van der Waals surface area contributed by atoms with Crippen molar-refractivity contribution >= 4 is 16.8 Å². The van der Waals surface area contributed by atoms with Gasteiger partial charge in [-0.2, -0.15) is 0 Å². The highest BCUT2D eigenvalue weighted by Crippen LogP contribution is 2.39. The van der Waals surface area contributed by atoms with E-state index in [0.717, 1.165) is 18.2 Å². The minimum atomic E-state index is -0.366. The Morgan fingerprint density at radius 2 is 2.12 bits per heavy atom. The van der Waals surface area contributed by atoms with Gasteiger partial charge in [0, 0.05) is 23.1 Å². The molecule has 1 saturated carbocycles. The standard InChI is InChI=1S/C20H21N3O3/c1-11(2)16(14-8-7-12-4-3-9-21-17(12)18(14)24)23-19(25)15-10-26-20(22-15)13-5-6-13/h3-4,7-11,13,16,24H,5-6H2,1-2H3,(H,23,25). The third-order valence-electron chi connectivity index (χ3n) is 4.75. The summed E-state index contributed by atoms with van der Waals surface area (Å²) in [6, 6.07) is 7.09. The summed E-state index contributed by atoms with van der Waals surface area (Å²) in [5.41, 5.74) is 1.45. The van der Waals surface area contributed by atoms with Crippen molar-refractivity contribution in [1.82, 2.24) is 15.3 Å². The molecule has 2 N–H and O–H groups in total. The van der Waals surface area contributed by atoms with Crippen molar-refractivity contribution in [3.05, 3.63) is 53.9 Å². The largest absolute Gasteiger partial charge is 0.505 e. The second-order valence-corrected chi connectivity index (χ2v) is 7.12. The van der Waals surface area contributed by atoms with Crippen molar-refractivity contribution in [1.29, 1.82) is 0 Å². The Kier molecular flexibility index (Phi) is 4.11. The van der Waals surface area contributed by atoms with E-state index >= 15 is 0 Å². The summed E-state index contributed by atoms with van der Waals surface area (Å²) in [4.78, 5) is 21.2. The third-order valence-corrected chi connectivity index (χ3v) is 4.75. The van der Waals surface area contributed by atoms with Gasteiger partial charge >= 0.3 is 0 Å². The van der Waals surface area contributed by atoms with E-state index in [9.17, 15) is 9.90 Å². The Morgan fingerprint density at radius 3 is 2.85 bits per heavy atom. The minimum Gasteiger partial charge on any atom is -0.505 e. The number of amides is 1. The van der Waals surface area contributed by atoms with E-state index in [1.54, 1.807) is 6.20 Å². The lowest BCUT2D eigenvalue weighted by Crippen LogP contribution is -2.32. The van der Waals surface area contributed by atoms with Gasteiger partial charge in [-0.3, -0.25) is 9.78 Å². The average molecular weight is 351 g/mol. The highest BCUT2D eigenvalue weighted by molar-refractivity contribution is 5.92. The van der Waals surface area contributed by atoms with Crippen LogP contribution in [0.2, 0.25) is 0 Å². The molecule has 1 fully saturated rings. The average Bonchev–Trinajstić information content (AvgIpc) is 3.37. The van der Waals surface area contributed by atoms with Crippen molar-refractivity contribution in [3.63, 3.8) is 0 Å². The number of pyridine rings is 1. The Hall–Kier alpha value is -2.89. The van der Waals surface area contributed by atoms with E-state index in [4.69, 9.17) is 4.42 Å². The van der Waals surface area contributed by atoms with Crippen LogP contribution in [0.5, 0.6) is 5.75 Å². The van der Waals surface area contributed by atoms with E-state index in [0.29, 0.717) is 22.9 Å². The second kappa shape index (κ2) is 6.44. The van der Waals surface area contributed by atoms with Crippen LogP contribution in [0.25, 0.3) is 10.9 Å². The van der Waals surface area contributed by atoms with Crippen LogP contribution in [0.15, 0.2) is 41.1 Å². The fourth-order valence-corrected chi connectivity index (χ4v) is 3.12. The van der Waals surface area contributed by atoms with Crippen molar-refractivity contribution in [2.24, 2.45) is 5.92 Å². The van der Waals surface area contributed by atoms with Crippen LogP contribution in [0.3, 0.4) is 0 Å². The molecule has 1 amide bonds. The molecular formula is C20H21N3O3. The van der Waals surface area contributed by atoms with Gasteiger partial charge in [-0.05, 0) is 24.8 Å². The van der Waals surface area contributed by atoms with E-state index in [1.165, 1.54) is 6.26 Å². The molecule has 2 aromatic heterocycles. The summed E-state index contributed by atoms with van der Waals surface area (Å²) in [6.45, 7) is 3.98. The van der Waals surface area contributed by atoms with Crippen LogP contribution in [0.1, 0.15) is 60.6 Å². The van der Waals surface area contributed by atoms with Crippen LogP contribution in [0, 0.1) is 5.92 Å². The number of carbonyl (C=O) groups is 1. The van der Waals surface area contributed by atoms with Crippen molar-refractivity contribution < 1.29 is 14.3 Å². The lowest BCUT2D eigenvalue weighted by Gasteiger charge is -2.23. The number of carbonyl (C=O) groups excluding carboxylic acids is 1. The number of rotatable bonds is 5. The van der Waals surface area contributed by atoms with Gasteiger partial charge in [0.05, 0.1) is 6.04 Å². The molecule has 1 aliphatic carbocycles. The topological polar surface area (TPSA) is 88.3 Å². The quantitative estimate of drug-likeness (QED) is 0.727. The molecule has 0 radical (unpaired) electrons. The molecule has 134 valence electrons. The molecule has 0 bridgehead atoms. The smallest absolute Gasteiger partial charge is 0.273 e. The Balaban J connectivity index is 1.63. The van der Waals surface area contributed by atoms with Crippen molar-refractivity contribution in [3.8, 4) is 5.75 Å². The first-order valence-corrected chi connectivity index (χ1v) is 8.87. The van der Waals surface area contributed by atoms with Crippen LogP contribution < -0.4 is 5.32 Å². The monoisotopic (exact) mass is 351 g/mol. The SMILES string of the molecule is CC(C)C(NC(=O)c1coc(C2CC2)n1)c1ccc2cccnc2c1O. The highest BCUT2D eigenvalue weighted by Gasteiger charge is 2.30. The third kappa shape index (κ3) is 3.03. The molecule has 3 aromatic rings. The molecule has 6 nitrogen and oxygen atoms in total. The Labute approximate surface area is 151 Å². The molecule has 1 aliphatic rings. The highest BCUT2D eigenvalue weighted by atomic mass is 16.3. The van der Waals surface area contributed by atoms with Gasteiger partial charge in [0.1, 0.15) is 17.5 Å². The van der Waals surface area contributed by atoms with Crippen LogP contribution in [-0.4, -0.2) is 21.0 Å². The summed E-state index contributed by atoms with van der Waals surface area (Å²) in [5.74, 6) is 0.851. The summed E-state index contributed by atoms with van der Waals surface area (Å²) in [7, 11) is 0. The lowest BCUT2D eigenvalue weighted by atomic mass is 9.94. The zero-order valence-corrected chi connectivity index (χ0v) is 14.8. The molecule has 0 spiro atoms. The minimum absolute atomic E-state index is 0.0702. The number of benzene rings is 1. The Bertz CT molecular complexity index is 960. The molecule has 6 heteroatoms. The van der Waals surface area contributed by atoms with E-state index in [1.807, 2.05) is 38.1 Å².